The van der Waals surface area contributed by atoms with Gasteiger partial charge in [0.05, 0.1) is 6.26 Å². The fraction of sp³-hybridized carbons (Fsp3) is 0.538. The second kappa shape index (κ2) is 5.71. The van der Waals surface area contributed by atoms with Crippen LogP contribution in [-0.4, -0.2) is 36.3 Å². The Labute approximate surface area is 106 Å². The lowest BCUT2D eigenvalue weighted by atomic mass is 10.1. The molecule has 5 nitrogen and oxygen atoms in total. The highest BCUT2D eigenvalue weighted by molar-refractivity contribution is 5.78. The van der Waals surface area contributed by atoms with Crippen LogP contribution < -0.4 is 5.32 Å². The molecule has 1 saturated heterocycles. The summed E-state index contributed by atoms with van der Waals surface area (Å²) in [5.74, 6) is 1.26. The smallest absolute Gasteiger partial charge is 0.224 e. The van der Waals surface area contributed by atoms with Gasteiger partial charge in [-0.1, -0.05) is 0 Å². The van der Waals surface area contributed by atoms with Crippen molar-refractivity contribution in [2.24, 2.45) is 0 Å². The van der Waals surface area contributed by atoms with Gasteiger partial charge in [0.15, 0.2) is 0 Å². The molecule has 1 atom stereocenters. The van der Waals surface area contributed by atoms with Crippen LogP contribution in [0.4, 0.5) is 0 Å². The zero-order valence-corrected chi connectivity index (χ0v) is 10.5. The van der Waals surface area contributed by atoms with Crippen molar-refractivity contribution in [2.45, 2.75) is 25.7 Å². The van der Waals surface area contributed by atoms with Crippen LogP contribution in [0.2, 0.25) is 0 Å². The zero-order valence-electron chi connectivity index (χ0n) is 10.5. The molecule has 0 spiro atoms. The fourth-order valence-electron chi connectivity index (χ4n) is 2.25. The van der Waals surface area contributed by atoms with E-state index in [0.29, 0.717) is 25.4 Å². The second-order valence-electron chi connectivity index (χ2n) is 4.57. The van der Waals surface area contributed by atoms with Crippen LogP contribution in [0.15, 0.2) is 22.8 Å². The summed E-state index contributed by atoms with van der Waals surface area (Å²) in [5, 5.41) is 2.63. The standard InChI is InChI=1S/C13H18N2O3/c1-10(16)14-6-4-13(17)15-7-5-11(9-15)12-3-2-8-18-12/h2-3,8,11H,4-7,9H2,1H3,(H,14,16). The molecule has 2 amide bonds. The summed E-state index contributed by atoms with van der Waals surface area (Å²) in [5.41, 5.74) is 0. The largest absolute Gasteiger partial charge is 0.469 e. The second-order valence-corrected chi connectivity index (χ2v) is 4.57. The first-order chi connectivity index (χ1) is 8.66. The van der Waals surface area contributed by atoms with Crippen LogP contribution in [0, 0.1) is 0 Å². The highest BCUT2D eigenvalue weighted by Gasteiger charge is 2.28. The number of nitrogens with one attached hydrogen (secondary N) is 1. The van der Waals surface area contributed by atoms with E-state index in [-0.39, 0.29) is 11.8 Å². The maximum absolute atomic E-state index is 11.9. The summed E-state index contributed by atoms with van der Waals surface area (Å²) in [4.78, 5) is 24.4. The third-order valence-electron chi connectivity index (χ3n) is 3.20. The summed E-state index contributed by atoms with van der Waals surface area (Å²) < 4.78 is 5.36. The summed E-state index contributed by atoms with van der Waals surface area (Å²) in [6, 6.07) is 3.83. The zero-order chi connectivity index (χ0) is 13.0. The van der Waals surface area contributed by atoms with Crippen LogP contribution >= 0.6 is 0 Å². The van der Waals surface area contributed by atoms with Gasteiger partial charge in [0.1, 0.15) is 5.76 Å². The normalized spacial score (nSPS) is 18.9. The van der Waals surface area contributed by atoms with Gasteiger partial charge in [0, 0.05) is 38.9 Å². The molecule has 5 heteroatoms. The molecule has 1 unspecified atom stereocenters. The summed E-state index contributed by atoms with van der Waals surface area (Å²) in [6.45, 7) is 3.35. The monoisotopic (exact) mass is 250 g/mol. The molecule has 0 aromatic carbocycles. The highest BCUT2D eigenvalue weighted by atomic mass is 16.3. The third-order valence-corrected chi connectivity index (χ3v) is 3.20. The Morgan fingerprint density at radius 3 is 3.06 bits per heavy atom. The number of likely N-dealkylation sites (tertiary alicyclic amines) is 1. The first kappa shape index (κ1) is 12.7. The van der Waals surface area contributed by atoms with E-state index in [0.717, 1.165) is 18.7 Å². The molecule has 1 aliphatic rings. The predicted molar refractivity (Wildman–Crippen MR) is 65.9 cm³/mol. The van der Waals surface area contributed by atoms with Crippen molar-refractivity contribution < 1.29 is 14.0 Å². The van der Waals surface area contributed by atoms with E-state index in [9.17, 15) is 9.59 Å². The summed E-state index contributed by atoms with van der Waals surface area (Å²) in [7, 11) is 0. The predicted octanol–water partition coefficient (Wildman–Crippen LogP) is 1.12. The lowest BCUT2D eigenvalue weighted by Crippen LogP contribution is -2.32. The fourth-order valence-corrected chi connectivity index (χ4v) is 2.25. The number of amides is 2. The molecule has 98 valence electrons. The van der Waals surface area contributed by atoms with E-state index in [1.807, 2.05) is 17.0 Å². The Hall–Kier alpha value is -1.78. The molecule has 1 aromatic rings. The summed E-state index contributed by atoms with van der Waals surface area (Å²) in [6.07, 6.45) is 2.97. The van der Waals surface area contributed by atoms with Gasteiger partial charge in [0.2, 0.25) is 11.8 Å². The Morgan fingerprint density at radius 2 is 2.39 bits per heavy atom. The number of furan rings is 1. The van der Waals surface area contributed by atoms with Gasteiger partial charge in [-0.25, -0.2) is 0 Å². The number of hydrogen-bond donors (Lipinski definition) is 1. The third kappa shape index (κ3) is 3.12. The minimum Gasteiger partial charge on any atom is -0.469 e. The van der Waals surface area contributed by atoms with Gasteiger partial charge in [0.25, 0.3) is 0 Å². The lowest BCUT2D eigenvalue weighted by molar-refractivity contribution is -0.130. The summed E-state index contributed by atoms with van der Waals surface area (Å²) >= 11 is 0. The Morgan fingerprint density at radius 1 is 1.56 bits per heavy atom. The number of hydrogen-bond acceptors (Lipinski definition) is 3. The van der Waals surface area contributed by atoms with E-state index >= 15 is 0 Å². The van der Waals surface area contributed by atoms with Crippen molar-refractivity contribution in [1.82, 2.24) is 10.2 Å². The molecule has 2 rings (SSSR count). The van der Waals surface area contributed by atoms with Crippen molar-refractivity contribution in [2.75, 3.05) is 19.6 Å². The van der Waals surface area contributed by atoms with E-state index < -0.39 is 0 Å². The highest BCUT2D eigenvalue weighted by Crippen LogP contribution is 2.27. The minimum atomic E-state index is -0.0994. The van der Waals surface area contributed by atoms with E-state index in [4.69, 9.17) is 4.42 Å². The van der Waals surface area contributed by atoms with Crippen LogP contribution in [0.25, 0.3) is 0 Å². The quantitative estimate of drug-likeness (QED) is 0.871. The molecule has 1 fully saturated rings. The maximum Gasteiger partial charge on any atom is 0.224 e. The first-order valence-corrected chi connectivity index (χ1v) is 6.22. The number of rotatable bonds is 4. The van der Waals surface area contributed by atoms with E-state index in [2.05, 4.69) is 5.32 Å². The van der Waals surface area contributed by atoms with Gasteiger partial charge in [-0.3, -0.25) is 9.59 Å². The van der Waals surface area contributed by atoms with Gasteiger partial charge < -0.3 is 14.6 Å². The number of carbonyl (C=O) groups is 2. The number of carbonyl (C=O) groups excluding carboxylic acids is 2. The van der Waals surface area contributed by atoms with Crippen molar-refractivity contribution in [3.05, 3.63) is 24.2 Å². The molecule has 0 aliphatic carbocycles. The SMILES string of the molecule is CC(=O)NCCC(=O)N1CCC(c2ccco2)C1. The molecular weight excluding hydrogens is 232 g/mol. The lowest BCUT2D eigenvalue weighted by Gasteiger charge is -2.16. The molecule has 1 N–H and O–H groups in total. The molecule has 2 heterocycles. The first-order valence-electron chi connectivity index (χ1n) is 6.22. The van der Waals surface area contributed by atoms with E-state index in [1.54, 1.807) is 6.26 Å². The van der Waals surface area contributed by atoms with Crippen molar-refractivity contribution in [1.29, 1.82) is 0 Å². The van der Waals surface area contributed by atoms with E-state index in [1.165, 1.54) is 6.92 Å². The van der Waals surface area contributed by atoms with Crippen molar-refractivity contribution in [3.8, 4) is 0 Å². The van der Waals surface area contributed by atoms with Gasteiger partial charge >= 0.3 is 0 Å². The topological polar surface area (TPSA) is 62.6 Å². The molecular formula is C13H18N2O3. The molecule has 0 saturated carbocycles. The van der Waals surface area contributed by atoms with Crippen LogP contribution in [-0.2, 0) is 9.59 Å². The minimum absolute atomic E-state index is 0.0952. The van der Waals surface area contributed by atoms with Crippen LogP contribution in [0.5, 0.6) is 0 Å². The van der Waals surface area contributed by atoms with Crippen LogP contribution in [0.1, 0.15) is 31.4 Å². The van der Waals surface area contributed by atoms with Crippen molar-refractivity contribution >= 4 is 11.8 Å². The Kier molecular flexibility index (Phi) is 4.02. The number of nitrogens with zero attached hydrogens (tertiary/aromatic N) is 1. The van der Waals surface area contributed by atoms with Gasteiger partial charge in [-0.2, -0.15) is 0 Å². The Balaban J connectivity index is 1.78. The van der Waals surface area contributed by atoms with Crippen LogP contribution in [0.3, 0.4) is 0 Å². The molecule has 1 aliphatic heterocycles. The average molecular weight is 250 g/mol. The Bertz CT molecular complexity index is 414. The van der Waals surface area contributed by atoms with Gasteiger partial charge in [-0.05, 0) is 18.6 Å². The molecule has 1 aromatic heterocycles. The van der Waals surface area contributed by atoms with Gasteiger partial charge in [-0.15, -0.1) is 0 Å². The molecule has 0 bridgehead atoms. The maximum atomic E-state index is 11.9. The average Bonchev–Trinajstić information content (AvgIpc) is 2.99. The molecule has 18 heavy (non-hydrogen) atoms. The van der Waals surface area contributed by atoms with Crippen molar-refractivity contribution in [3.63, 3.8) is 0 Å². The molecule has 0 radical (unpaired) electrons.